The van der Waals surface area contributed by atoms with Gasteiger partial charge < -0.3 is 10.4 Å². The fourth-order valence-corrected chi connectivity index (χ4v) is 4.10. The van der Waals surface area contributed by atoms with Gasteiger partial charge in [-0.15, -0.1) is 0 Å². The molecular formula is C18H25Cl2NO2. The monoisotopic (exact) mass is 357 g/mol. The molecule has 0 saturated carbocycles. The molecule has 0 spiro atoms. The number of benzene rings is 1. The lowest BCUT2D eigenvalue weighted by Gasteiger charge is -2.30. The summed E-state index contributed by atoms with van der Waals surface area (Å²) in [6, 6.07) is 5.40. The predicted molar refractivity (Wildman–Crippen MR) is 95.4 cm³/mol. The van der Waals surface area contributed by atoms with Gasteiger partial charge in [-0.2, -0.15) is 0 Å². The molecule has 1 aliphatic rings. The second-order valence-electron chi connectivity index (χ2n) is 7.28. The van der Waals surface area contributed by atoms with Crippen LogP contribution in [-0.4, -0.2) is 23.7 Å². The van der Waals surface area contributed by atoms with Gasteiger partial charge in [0.05, 0.1) is 16.0 Å². The van der Waals surface area contributed by atoms with E-state index in [1.54, 1.807) is 12.1 Å². The average Bonchev–Trinajstić information content (AvgIpc) is 2.84. The quantitative estimate of drug-likeness (QED) is 0.755. The molecule has 1 heterocycles. The van der Waals surface area contributed by atoms with Crippen LogP contribution in [0.2, 0.25) is 10.0 Å². The maximum absolute atomic E-state index is 11.9. The minimum absolute atomic E-state index is 0.0199. The van der Waals surface area contributed by atoms with Crippen LogP contribution in [0.3, 0.4) is 0 Å². The number of hydrogen-bond donors (Lipinski definition) is 2. The van der Waals surface area contributed by atoms with Gasteiger partial charge in [-0.3, -0.25) is 4.79 Å². The number of halogens is 2. The van der Waals surface area contributed by atoms with Crippen molar-refractivity contribution >= 4 is 29.2 Å². The molecule has 0 aliphatic carbocycles. The fraction of sp³-hybridized carbons (Fsp3) is 0.611. The first-order valence-corrected chi connectivity index (χ1v) is 8.92. The average molecular weight is 358 g/mol. The third-order valence-electron chi connectivity index (χ3n) is 4.82. The fourth-order valence-electron chi connectivity index (χ4n) is 3.80. The molecular weight excluding hydrogens is 333 g/mol. The van der Waals surface area contributed by atoms with Gasteiger partial charge in [0.15, 0.2) is 0 Å². The van der Waals surface area contributed by atoms with Gasteiger partial charge in [0.1, 0.15) is 0 Å². The highest BCUT2D eigenvalue weighted by Gasteiger charge is 2.43. The maximum Gasteiger partial charge on any atom is 0.308 e. The first-order chi connectivity index (χ1) is 10.7. The smallest absolute Gasteiger partial charge is 0.308 e. The van der Waals surface area contributed by atoms with E-state index in [9.17, 15) is 9.90 Å². The van der Waals surface area contributed by atoms with Gasteiger partial charge in [-0.05, 0) is 36.0 Å². The highest BCUT2D eigenvalue weighted by atomic mass is 35.5. The molecule has 2 unspecified atom stereocenters. The van der Waals surface area contributed by atoms with E-state index >= 15 is 0 Å². The molecule has 1 saturated heterocycles. The van der Waals surface area contributed by atoms with Crippen LogP contribution < -0.4 is 5.32 Å². The van der Waals surface area contributed by atoms with E-state index in [1.165, 1.54) is 0 Å². The molecule has 3 atom stereocenters. The Bertz CT molecular complexity index is 574. The van der Waals surface area contributed by atoms with Crippen LogP contribution >= 0.6 is 23.2 Å². The van der Waals surface area contributed by atoms with Crippen molar-refractivity contribution in [2.75, 3.05) is 6.54 Å². The van der Waals surface area contributed by atoms with Crippen LogP contribution in [0.5, 0.6) is 0 Å². The Balaban J connectivity index is 2.22. The van der Waals surface area contributed by atoms with E-state index in [1.807, 2.05) is 6.07 Å². The van der Waals surface area contributed by atoms with Crippen LogP contribution in [-0.2, 0) is 4.79 Å². The molecule has 0 bridgehead atoms. The number of carboxylic acid groups (broad SMARTS) is 1. The van der Waals surface area contributed by atoms with Crippen molar-refractivity contribution in [1.82, 2.24) is 5.32 Å². The van der Waals surface area contributed by atoms with E-state index < -0.39 is 11.9 Å². The summed E-state index contributed by atoms with van der Waals surface area (Å²) < 4.78 is 0. The molecule has 23 heavy (non-hydrogen) atoms. The van der Waals surface area contributed by atoms with Crippen molar-refractivity contribution in [3.8, 4) is 0 Å². The second kappa shape index (κ2) is 7.42. The molecule has 0 amide bonds. The van der Waals surface area contributed by atoms with Gasteiger partial charge in [0.25, 0.3) is 0 Å². The Morgan fingerprint density at radius 3 is 2.61 bits per heavy atom. The van der Waals surface area contributed by atoms with Crippen molar-refractivity contribution < 1.29 is 9.90 Å². The summed E-state index contributed by atoms with van der Waals surface area (Å²) in [6.45, 7) is 7.24. The van der Waals surface area contributed by atoms with E-state index in [-0.39, 0.29) is 17.4 Å². The van der Waals surface area contributed by atoms with E-state index in [4.69, 9.17) is 23.2 Å². The Morgan fingerprint density at radius 2 is 2.04 bits per heavy atom. The van der Waals surface area contributed by atoms with Gasteiger partial charge >= 0.3 is 5.97 Å². The predicted octanol–water partition coefficient (Wildman–Crippen LogP) is 4.97. The van der Waals surface area contributed by atoms with Crippen LogP contribution in [0.1, 0.15) is 51.5 Å². The highest BCUT2D eigenvalue weighted by molar-refractivity contribution is 6.42. The number of nitrogens with one attached hydrogen (secondary N) is 1. The zero-order chi connectivity index (χ0) is 17.2. The highest BCUT2D eigenvalue weighted by Crippen LogP contribution is 2.40. The summed E-state index contributed by atoms with van der Waals surface area (Å²) in [7, 11) is 0. The lowest BCUT2D eigenvalue weighted by Crippen LogP contribution is -2.36. The second-order valence-corrected chi connectivity index (χ2v) is 8.09. The van der Waals surface area contributed by atoms with E-state index in [2.05, 4.69) is 26.1 Å². The lowest BCUT2D eigenvalue weighted by atomic mass is 9.76. The van der Waals surface area contributed by atoms with Gasteiger partial charge in [0, 0.05) is 18.5 Å². The topological polar surface area (TPSA) is 49.3 Å². The Labute approximate surface area is 148 Å². The normalized spacial score (nSPS) is 24.8. The molecule has 128 valence electrons. The maximum atomic E-state index is 11.9. The lowest BCUT2D eigenvalue weighted by molar-refractivity contribution is -0.142. The van der Waals surface area contributed by atoms with Gasteiger partial charge in [0.2, 0.25) is 0 Å². The van der Waals surface area contributed by atoms with Crippen molar-refractivity contribution in [2.24, 2.45) is 11.3 Å². The number of carboxylic acids is 1. The molecule has 0 aromatic heterocycles. The Morgan fingerprint density at radius 1 is 1.35 bits per heavy atom. The van der Waals surface area contributed by atoms with E-state index in [0.717, 1.165) is 24.8 Å². The molecule has 2 rings (SSSR count). The van der Waals surface area contributed by atoms with Crippen molar-refractivity contribution in [3.05, 3.63) is 33.8 Å². The Kier molecular flexibility index (Phi) is 5.99. The molecule has 3 nitrogen and oxygen atoms in total. The standard InChI is InChI=1S/C18H25Cl2NO2/c1-4-7-18(2,3)9-15-16(17(22)23)12(10-21-15)11-5-6-13(19)14(20)8-11/h5-6,8,12,15-16,21H,4,7,9-10H2,1-3H3,(H,22,23)/t12?,15?,16-/m1/s1. The molecule has 1 aliphatic heterocycles. The molecule has 1 aromatic carbocycles. The summed E-state index contributed by atoms with van der Waals surface area (Å²) in [5, 5.41) is 14.2. The summed E-state index contributed by atoms with van der Waals surface area (Å²) in [5.41, 5.74) is 1.07. The zero-order valence-electron chi connectivity index (χ0n) is 13.9. The molecule has 5 heteroatoms. The number of carbonyl (C=O) groups is 1. The van der Waals surface area contributed by atoms with Crippen LogP contribution in [0.25, 0.3) is 0 Å². The van der Waals surface area contributed by atoms with Crippen molar-refractivity contribution in [2.45, 2.75) is 52.0 Å². The molecule has 1 aromatic rings. The number of hydrogen-bond acceptors (Lipinski definition) is 2. The summed E-state index contributed by atoms with van der Waals surface area (Å²) in [5.74, 6) is -1.27. The van der Waals surface area contributed by atoms with E-state index in [0.29, 0.717) is 16.6 Å². The molecule has 1 fully saturated rings. The van der Waals surface area contributed by atoms with Gasteiger partial charge in [-0.1, -0.05) is 56.5 Å². The summed E-state index contributed by atoms with van der Waals surface area (Å²) in [4.78, 5) is 11.9. The summed E-state index contributed by atoms with van der Waals surface area (Å²) in [6.07, 6.45) is 3.05. The number of rotatable bonds is 6. The van der Waals surface area contributed by atoms with Crippen molar-refractivity contribution in [3.63, 3.8) is 0 Å². The van der Waals surface area contributed by atoms with Gasteiger partial charge in [-0.25, -0.2) is 0 Å². The van der Waals surface area contributed by atoms with Crippen LogP contribution in [0.15, 0.2) is 18.2 Å². The first kappa shape index (κ1) is 18.6. The summed E-state index contributed by atoms with van der Waals surface area (Å²) >= 11 is 12.1. The van der Waals surface area contributed by atoms with Crippen LogP contribution in [0.4, 0.5) is 0 Å². The number of aliphatic carboxylic acids is 1. The minimum atomic E-state index is -0.747. The molecule has 0 radical (unpaired) electrons. The van der Waals surface area contributed by atoms with Crippen LogP contribution in [0, 0.1) is 11.3 Å². The first-order valence-electron chi connectivity index (χ1n) is 8.16. The Hall–Kier alpha value is -0.770. The minimum Gasteiger partial charge on any atom is -0.481 e. The third-order valence-corrected chi connectivity index (χ3v) is 5.56. The largest absolute Gasteiger partial charge is 0.481 e. The van der Waals surface area contributed by atoms with Crippen molar-refractivity contribution in [1.29, 1.82) is 0 Å². The SMILES string of the molecule is CCCC(C)(C)CC1NCC(c2ccc(Cl)c(Cl)c2)[C@H]1C(=O)O. The molecule has 2 N–H and O–H groups in total. The zero-order valence-corrected chi connectivity index (χ0v) is 15.4. The third kappa shape index (κ3) is 4.40.